The summed E-state index contributed by atoms with van der Waals surface area (Å²) in [6.45, 7) is 2.94. The van der Waals surface area contributed by atoms with Gasteiger partial charge < -0.3 is 5.32 Å². The van der Waals surface area contributed by atoms with Gasteiger partial charge in [-0.05, 0) is 42.9 Å². The van der Waals surface area contributed by atoms with Crippen LogP contribution in [0.2, 0.25) is 5.02 Å². The van der Waals surface area contributed by atoms with Crippen molar-refractivity contribution in [2.45, 2.75) is 32.2 Å². The topological polar surface area (TPSA) is 45.2 Å². The van der Waals surface area contributed by atoms with E-state index in [1.165, 1.54) is 12.8 Å². The van der Waals surface area contributed by atoms with Crippen molar-refractivity contribution in [1.29, 1.82) is 0 Å². The minimum absolute atomic E-state index is 0.185. The highest BCUT2D eigenvalue weighted by Crippen LogP contribution is 2.50. The largest absolute Gasteiger partial charge is 0.359 e. The molecule has 1 N–H and O–H groups in total. The van der Waals surface area contributed by atoms with Crippen LogP contribution in [0.3, 0.4) is 0 Å². The van der Waals surface area contributed by atoms with E-state index in [9.17, 15) is 4.79 Å². The summed E-state index contributed by atoms with van der Waals surface area (Å²) in [6, 6.07) is 1.98. The molecule has 2 fully saturated rings. The van der Waals surface area contributed by atoms with E-state index in [1.807, 2.05) is 12.3 Å². The third-order valence-corrected chi connectivity index (χ3v) is 5.31. The van der Waals surface area contributed by atoms with Crippen LogP contribution in [0.5, 0.6) is 0 Å². The molecule has 2 atom stereocenters. The summed E-state index contributed by atoms with van der Waals surface area (Å²) in [7, 11) is 1.75. The number of likely N-dealkylation sites (tertiary alicyclic amines) is 1. The molecular weight excluding hydrogens is 286 g/mol. The van der Waals surface area contributed by atoms with Gasteiger partial charge in [0.1, 0.15) is 0 Å². The highest BCUT2D eigenvalue weighted by atomic mass is 35.5. The summed E-state index contributed by atoms with van der Waals surface area (Å²) in [6.07, 6.45) is 8.04. The van der Waals surface area contributed by atoms with Gasteiger partial charge in [-0.15, -0.1) is 0 Å². The molecule has 1 aliphatic heterocycles. The number of carbonyl (C=O) groups is 1. The summed E-state index contributed by atoms with van der Waals surface area (Å²) < 4.78 is 0. The lowest BCUT2D eigenvalue weighted by molar-refractivity contribution is -0.127. The fourth-order valence-electron chi connectivity index (χ4n) is 4.13. The van der Waals surface area contributed by atoms with Gasteiger partial charge in [-0.25, -0.2) is 0 Å². The van der Waals surface area contributed by atoms with Gasteiger partial charge in [0.15, 0.2) is 0 Å². The number of amides is 1. The summed E-state index contributed by atoms with van der Waals surface area (Å²) in [5, 5.41) is 3.53. The molecular formula is C16H22ClN3O. The molecule has 5 heteroatoms. The van der Waals surface area contributed by atoms with Crippen LogP contribution < -0.4 is 5.32 Å². The van der Waals surface area contributed by atoms with Crippen LogP contribution in [0.25, 0.3) is 0 Å². The number of rotatable bonds is 3. The van der Waals surface area contributed by atoms with E-state index in [-0.39, 0.29) is 17.2 Å². The van der Waals surface area contributed by atoms with Crippen molar-refractivity contribution in [3.8, 4) is 0 Å². The summed E-state index contributed by atoms with van der Waals surface area (Å²) in [5.41, 5.74) is 1.33. The Morgan fingerprint density at radius 3 is 3.14 bits per heavy atom. The van der Waals surface area contributed by atoms with Gasteiger partial charge in [0.25, 0.3) is 0 Å². The summed E-state index contributed by atoms with van der Waals surface area (Å²) in [4.78, 5) is 18.7. The van der Waals surface area contributed by atoms with E-state index >= 15 is 0 Å². The van der Waals surface area contributed by atoms with Crippen LogP contribution in [0.4, 0.5) is 0 Å². The minimum atomic E-state index is 0.185. The van der Waals surface area contributed by atoms with Gasteiger partial charge in [-0.3, -0.25) is 14.7 Å². The number of pyridine rings is 1. The molecule has 21 heavy (non-hydrogen) atoms. The van der Waals surface area contributed by atoms with Gasteiger partial charge in [-0.2, -0.15) is 0 Å². The van der Waals surface area contributed by atoms with Crippen molar-refractivity contribution in [2.24, 2.45) is 11.3 Å². The monoisotopic (exact) mass is 307 g/mol. The maximum Gasteiger partial charge on any atom is 0.223 e. The zero-order valence-electron chi connectivity index (χ0n) is 12.4. The molecule has 114 valence electrons. The Hall–Kier alpha value is -1.13. The highest BCUT2D eigenvalue weighted by Gasteiger charge is 2.49. The molecule has 0 radical (unpaired) electrons. The fraction of sp³-hybridized carbons (Fsp3) is 0.625. The van der Waals surface area contributed by atoms with Crippen molar-refractivity contribution in [1.82, 2.24) is 15.2 Å². The van der Waals surface area contributed by atoms with Crippen LogP contribution in [-0.4, -0.2) is 35.9 Å². The van der Waals surface area contributed by atoms with E-state index in [4.69, 9.17) is 11.6 Å². The van der Waals surface area contributed by atoms with Gasteiger partial charge in [0.2, 0.25) is 5.91 Å². The number of hydrogen-bond donors (Lipinski definition) is 1. The van der Waals surface area contributed by atoms with E-state index in [2.05, 4.69) is 15.2 Å². The molecule has 3 rings (SSSR count). The zero-order valence-corrected chi connectivity index (χ0v) is 13.2. The van der Waals surface area contributed by atoms with Gasteiger partial charge in [0, 0.05) is 38.4 Å². The first-order valence-corrected chi connectivity index (χ1v) is 8.04. The molecule has 1 aromatic rings. The van der Waals surface area contributed by atoms with E-state index in [1.54, 1.807) is 13.2 Å². The van der Waals surface area contributed by atoms with Crippen molar-refractivity contribution in [3.05, 3.63) is 29.0 Å². The number of hydrogen-bond acceptors (Lipinski definition) is 3. The number of aromatic nitrogens is 1. The Labute approximate surface area is 130 Å². The molecule has 1 spiro atoms. The predicted octanol–water partition coefficient (Wildman–Crippen LogP) is 2.47. The maximum absolute atomic E-state index is 12.1. The molecule has 1 amide bonds. The molecule has 1 aromatic heterocycles. The maximum atomic E-state index is 12.1. The molecule has 1 saturated heterocycles. The average molecular weight is 308 g/mol. The summed E-state index contributed by atoms with van der Waals surface area (Å²) >= 11 is 6.00. The first-order chi connectivity index (χ1) is 10.1. The Morgan fingerprint density at radius 2 is 2.38 bits per heavy atom. The first kappa shape index (κ1) is 14.8. The van der Waals surface area contributed by atoms with Crippen LogP contribution >= 0.6 is 11.6 Å². The lowest BCUT2D eigenvalue weighted by Gasteiger charge is -2.30. The highest BCUT2D eigenvalue weighted by molar-refractivity contribution is 6.30. The smallest absolute Gasteiger partial charge is 0.223 e. The second-order valence-electron chi connectivity index (χ2n) is 6.39. The summed E-state index contributed by atoms with van der Waals surface area (Å²) in [5.74, 6) is 0.406. The van der Waals surface area contributed by atoms with E-state index < -0.39 is 0 Å². The standard InChI is InChI=1S/C16H22ClN3O/c1-18-15(21)14-3-2-4-16(14)5-6-20(11-16)10-12-7-13(17)9-19-8-12/h7-9,14H,2-6,10-11H2,1H3,(H,18,21)/t14-,16+/m1/s1. The lowest BCUT2D eigenvalue weighted by Crippen LogP contribution is -2.39. The number of halogens is 1. The molecule has 2 aliphatic rings. The Bertz CT molecular complexity index is 536. The molecule has 1 saturated carbocycles. The fourth-order valence-corrected chi connectivity index (χ4v) is 4.33. The average Bonchev–Trinajstić information content (AvgIpc) is 3.06. The Kier molecular flexibility index (Phi) is 4.18. The van der Waals surface area contributed by atoms with E-state index in [0.717, 1.165) is 38.0 Å². The lowest BCUT2D eigenvalue weighted by atomic mass is 9.76. The predicted molar refractivity (Wildman–Crippen MR) is 83.0 cm³/mol. The quantitative estimate of drug-likeness (QED) is 0.933. The normalized spacial score (nSPS) is 29.1. The molecule has 2 heterocycles. The first-order valence-electron chi connectivity index (χ1n) is 7.66. The Balaban J connectivity index is 1.68. The second kappa shape index (κ2) is 5.93. The van der Waals surface area contributed by atoms with Crippen LogP contribution in [0, 0.1) is 11.3 Å². The second-order valence-corrected chi connectivity index (χ2v) is 6.83. The molecule has 1 aliphatic carbocycles. The van der Waals surface area contributed by atoms with Gasteiger partial charge in [-0.1, -0.05) is 18.0 Å². The third kappa shape index (κ3) is 2.92. The number of nitrogens with one attached hydrogen (secondary N) is 1. The SMILES string of the molecule is CNC(=O)[C@H]1CCC[C@@]12CCN(Cc1cncc(Cl)c1)C2. The minimum Gasteiger partial charge on any atom is -0.359 e. The van der Waals surface area contributed by atoms with Crippen molar-refractivity contribution in [3.63, 3.8) is 0 Å². The number of nitrogens with zero attached hydrogens (tertiary/aromatic N) is 2. The van der Waals surface area contributed by atoms with Crippen molar-refractivity contribution in [2.75, 3.05) is 20.1 Å². The molecule has 0 aromatic carbocycles. The Morgan fingerprint density at radius 1 is 1.52 bits per heavy atom. The van der Waals surface area contributed by atoms with E-state index in [0.29, 0.717) is 5.02 Å². The van der Waals surface area contributed by atoms with Crippen LogP contribution in [0.1, 0.15) is 31.2 Å². The molecule has 0 unspecified atom stereocenters. The zero-order chi connectivity index (χ0) is 14.9. The molecule has 4 nitrogen and oxygen atoms in total. The number of carbonyl (C=O) groups excluding carboxylic acids is 1. The van der Waals surface area contributed by atoms with Crippen molar-refractivity contribution >= 4 is 17.5 Å². The van der Waals surface area contributed by atoms with Gasteiger partial charge in [0.05, 0.1) is 5.02 Å². The van der Waals surface area contributed by atoms with Crippen molar-refractivity contribution < 1.29 is 4.79 Å². The third-order valence-electron chi connectivity index (χ3n) is 5.10. The van der Waals surface area contributed by atoms with Gasteiger partial charge >= 0.3 is 0 Å². The molecule has 0 bridgehead atoms. The van der Waals surface area contributed by atoms with Crippen LogP contribution in [0.15, 0.2) is 18.5 Å². The van der Waals surface area contributed by atoms with Crippen LogP contribution in [-0.2, 0) is 11.3 Å².